The molecule has 2 saturated heterocycles. The second-order valence-electron chi connectivity index (χ2n) is 12.2. The van der Waals surface area contributed by atoms with Gasteiger partial charge in [0.2, 0.25) is 0 Å². The van der Waals surface area contributed by atoms with Crippen molar-refractivity contribution in [3.8, 4) is 0 Å². The second-order valence-corrected chi connectivity index (χ2v) is 12.2. The lowest BCUT2D eigenvalue weighted by Crippen LogP contribution is -2.96. The molecule has 0 radical (unpaired) electrons. The van der Waals surface area contributed by atoms with Gasteiger partial charge in [0.15, 0.2) is 5.78 Å². The highest BCUT2D eigenvalue weighted by molar-refractivity contribution is 6.02. The quantitative estimate of drug-likeness (QED) is 0.585. The van der Waals surface area contributed by atoms with Gasteiger partial charge in [0.05, 0.1) is 18.2 Å². The minimum atomic E-state index is -0.231. The first-order valence-corrected chi connectivity index (χ1v) is 12.9. The number of ketones is 1. The van der Waals surface area contributed by atoms with Gasteiger partial charge < -0.3 is 15.2 Å². The summed E-state index contributed by atoms with van der Waals surface area (Å²) in [5, 5.41) is 12.8. The fourth-order valence-electron chi connectivity index (χ4n) is 9.07. The highest BCUT2D eigenvalue weighted by Gasteiger charge is 2.64. The van der Waals surface area contributed by atoms with Crippen molar-refractivity contribution in [3.05, 3.63) is 22.8 Å². The van der Waals surface area contributed by atoms with Crippen molar-refractivity contribution in [2.45, 2.75) is 96.5 Å². The first-order valence-electron chi connectivity index (χ1n) is 12.9. The van der Waals surface area contributed by atoms with Crippen molar-refractivity contribution in [1.82, 2.24) is 0 Å². The molecule has 0 amide bonds. The summed E-state index contributed by atoms with van der Waals surface area (Å²) < 4.78 is 6.96. The Morgan fingerprint density at radius 3 is 2.84 bits per heavy atom. The van der Waals surface area contributed by atoms with Crippen molar-refractivity contribution in [2.24, 2.45) is 35.0 Å². The Hall–Kier alpha value is -0.970. The van der Waals surface area contributed by atoms with Crippen LogP contribution >= 0.6 is 0 Å². The maximum absolute atomic E-state index is 14.1. The molecule has 0 unspecified atom stereocenters. The van der Waals surface area contributed by atoms with E-state index in [1.807, 2.05) is 0 Å². The van der Waals surface area contributed by atoms with Gasteiger partial charge in [-0.05, 0) is 74.7 Å². The number of rotatable bonds is 0. The zero-order chi connectivity index (χ0) is 21.7. The third-order valence-electron chi connectivity index (χ3n) is 10.8. The fraction of sp³-hybridized carbons (Fsp3) is 0.815. The Balaban J connectivity index is 1.39. The summed E-state index contributed by atoms with van der Waals surface area (Å²) in [6.45, 7) is 10.5. The van der Waals surface area contributed by atoms with Crippen molar-refractivity contribution in [2.75, 3.05) is 6.54 Å². The van der Waals surface area contributed by atoms with E-state index < -0.39 is 0 Å². The molecule has 1 spiro atoms. The number of piperidine rings is 1. The van der Waals surface area contributed by atoms with Crippen molar-refractivity contribution < 1.29 is 20.0 Å². The average Bonchev–Trinajstić information content (AvgIpc) is 3.18. The molecule has 4 aliphatic carbocycles. The van der Waals surface area contributed by atoms with E-state index in [-0.39, 0.29) is 23.0 Å². The smallest absolute Gasteiger partial charge is 0.163 e. The molecule has 170 valence electrons. The first kappa shape index (κ1) is 20.6. The maximum Gasteiger partial charge on any atom is 0.163 e. The van der Waals surface area contributed by atoms with Gasteiger partial charge >= 0.3 is 0 Å². The Morgan fingerprint density at radius 1 is 1.23 bits per heavy atom. The Kier molecular flexibility index (Phi) is 4.51. The molecular weight excluding hydrogens is 386 g/mol. The summed E-state index contributed by atoms with van der Waals surface area (Å²) in [5.74, 6) is 2.56. The summed E-state index contributed by atoms with van der Waals surface area (Å²) in [5.41, 5.74) is 3.50. The van der Waals surface area contributed by atoms with Crippen LogP contribution in [0.3, 0.4) is 0 Å². The molecule has 31 heavy (non-hydrogen) atoms. The molecule has 2 heterocycles. The average molecular weight is 427 g/mol. The number of ether oxygens (including phenoxy) is 1. The minimum absolute atomic E-state index is 0.0592. The topological polar surface area (TPSA) is 63.1 Å². The van der Waals surface area contributed by atoms with E-state index in [2.05, 4.69) is 39.1 Å². The molecule has 2 saturated carbocycles. The summed E-state index contributed by atoms with van der Waals surface area (Å²) in [6, 6.07) is 0.535. The zero-order valence-electron chi connectivity index (χ0n) is 19.7. The molecule has 2 aliphatic heterocycles. The lowest BCUT2D eigenvalue weighted by atomic mass is 9.56. The van der Waals surface area contributed by atoms with Crippen LogP contribution in [0.25, 0.3) is 0 Å². The minimum Gasteiger partial charge on any atom is -0.393 e. The summed E-state index contributed by atoms with van der Waals surface area (Å²) in [6.07, 6.45) is 9.38. The van der Waals surface area contributed by atoms with E-state index in [0.29, 0.717) is 41.6 Å². The molecule has 0 aromatic heterocycles. The largest absolute Gasteiger partial charge is 0.393 e. The lowest BCUT2D eigenvalue weighted by molar-refractivity contribution is -0.710. The van der Waals surface area contributed by atoms with Crippen LogP contribution in [0, 0.1) is 35.0 Å². The van der Waals surface area contributed by atoms with Crippen LogP contribution in [0.1, 0.15) is 72.6 Å². The monoisotopic (exact) mass is 426 g/mol. The number of hydrogen-bond acceptors (Lipinski definition) is 3. The Morgan fingerprint density at radius 2 is 2.03 bits per heavy atom. The van der Waals surface area contributed by atoms with Crippen LogP contribution in [0.4, 0.5) is 0 Å². The molecule has 6 aliphatic rings. The predicted octanol–water partition coefficient (Wildman–Crippen LogP) is 3.15. The fourth-order valence-corrected chi connectivity index (χ4v) is 9.07. The molecule has 4 nitrogen and oxygen atoms in total. The van der Waals surface area contributed by atoms with Crippen LogP contribution in [0.15, 0.2) is 22.8 Å². The number of hydrogen-bond donors (Lipinski definition) is 2. The number of carbonyl (C=O) groups excluding carboxylic acids is 1. The van der Waals surface area contributed by atoms with Crippen LogP contribution in [-0.2, 0) is 9.53 Å². The van der Waals surface area contributed by atoms with Crippen LogP contribution < -0.4 is 5.32 Å². The third-order valence-corrected chi connectivity index (χ3v) is 10.8. The lowest BCUT2D eigenvalue weighted by Gasteiger charge is -2.48. The standard InChI is InChI=1S/C27H39NO3/c1-14-11-21-24(28-13-14)16(3)27(31-21)10-8-19-20-6-5-17-12-18(29)7-9-26(17,4)23(20)25(30)22(19)15(27)2/h5,14,16,18-21,23-24,28-29H,6-13H2,1-4H3/p+1/t14-,16-,18+,19+,20-,21-,23-,24+,26-,27+/m0/s1. The van der Waals surface area contributed by atoms with Gasteiger partial charge in [-0.2, -0.15) is 0 Å². The summed E-state index contributed by atoms with van der Waals surface area (Å²) in [4.78, 5) is 14.1. The summed E-state index contributed by atoms with van der Waals surface area (Å²) >= 11 is 0. The van der Waals surface area contributed by atoms with E-state index in [0.717, 1.165) is 50.5 Å². The number of carbonyl (C=O) groups is 1. The number of fused-ring (bicyclic) bond motifs is 6. The van der Waals surface area contributed by atoms with E-state index in [1.54, 1.807) is 0 Å². The summed E-state index contributed by atoms with van der Waals surface area (Å²) in [7, 11) is 0. The van der Waals surface area contributed by atoms with Gasteiger partial charge in [0.1, 0.15) is 12.1 Å². The van der Waals surface area contributed by atoms with Gasteiger partial charge in [-0.15, -0.1) is 0 Å². The normalized spacial score (nSPS) is 53.7. The van der Waals surface area contributed by atoms with E-state index in [9.17, 15) is 9.90 Å². The van der Waals surface area contributed by atoms with Gasteiger partial charge in [-0.25, -0.2) is 0 Å². The maximum atomic E-state index is 14.1. The van der Waals surface area contributed by atoms with Crippen LogP contribution in [-0.4, -0.2) is 41.3 Å². The number of Topliss-reactive ketones (excluding diaryl/α,β-unsaturated/α-hetero) is 1. The molecule has 4 heteroatoms. The molecule has 4 fully saturated rings. The van der Waals surface area contributed by atoms with Crippen LogP contribution in [0.2, 0.25) is 0 Å². The van der Waals surface area contributed by atoms with Crippen molar-refractivity contribution in [3.63, 3.8) is 0 Å². The number of quaternary nitrogens is 1. The molecule has 10 atom stereocenters. The highest BCUT2D eigenvalue weighted by Crippen LogP contribution is 2.63. The molecule has 0 aromatic carbocycles. The molecule has 0 bridgehead atoms. The van der Waals surface area contributed by atoms with Crippen LogP contribution in [0.5, 0.6) is 0 Å². The van der Waals surface area contributed by atoms with Crippen molar-refractivity contribution in [1.29, 1.82) is 0 Å². The Bertz CT molecular complexity index is 876. The number of aliphatic hydroxyl groups excluding tert-OH is 1. The van der Waals surface area contributed by atoms with Gasteiger partial charge in [0.25, 0.3) is 0 Å². The Labute approximate surface area is 186 Å². The second kappa shape index (κ2) is 6.77. The molecular formula is C27H40NO3+. The first-order chi connectivity index (χ1) is 14.8. The third kappa shape index (κ3) is 2.62. The van der Waals surface area contributed by atoms with E-state index in [1.165, 1.54) is 17.7 Å². The van der Waals surface area contributed by atoms with Gasteiger partial charge in [-0.3, -0.25) is 4.79 Å². The van der Waals surface area contributed by atoms with E-state index >= 15 is 0 Å². The number of nitrogens with two attached hydrogens (primary N) is 1. The van der Waals surface area contributed by atoms with Gasteiger partial charge in [-0.1, -0.05) is 32.4 Å². The van der Waals surface area contributed by atoms with E-state index in [4.69, 9.17) is 4.74 Å². The van der Waals surface area contributed by atoms with Crippen molar-refractivity contribution >= 4 is 5.78 Å². The molecule has 6 rings (SSSR count). The number of aliphatic hydroxyl groups is 1. The molecule has 0 aromatic rings. The van der Waals surface area contributed by atoms with Gasteiger partial charge in [0, 0.05) is 23.3 Å². The highest BCUT2D eigenvalue weighted by atomic mass is 16.5. The predicted molar refractivity (Wildman–Crippen MR) is 119 cm³/mol. The zero-order valence-corrected chi connectivity index (χ0v) is 19.7. The number of allylic oxidation sites excluding steroid dienone is 2. The molecule has 3 N–H and O–H groups in total. The SMILES string of the molecule is CC1=C2C(=O)[C@@H]3[C@@H](CC=C4C[C@H](O)CC[C@@]43C)[C@H]2CC[C@@]12O[C@H]1C[C@H](C)C[NH2+][C@@H]1[C@@H]2C.